The van der Waals surface area contributed by atoms with Gasteiger partial charge in [0.05, 0.1) is 5.92 Å². The van der Waals surface area contributed by atoms with E-state index in [9.17, 15) is 19.5 Å². The topological polar surface area (TPSA) is 105 Å². The van der Waals surface area contributed by atoms with Crippen molar-refractivity contribution in [2.24, 2.45) is 11.8 Å². The Hall–Kier alpha value is -3.35. The maximum Gasteiger partial charge on any atom is 0.407 e. The smallest absolute Gasteiger partial charge is 0.407 e. The van der Waals surface area contributed by atoms with Crippen LogP contribution < -0.4 is 10.6 Å². The van der Waals surface area contributed by atoms with Gasteiger partial charge >= 0.3 is 12.1 Å². The second-order valence-corrected chi connectivity index (χ2v) is 9.73. The van der Waals surface area contributed by atoms with Crippen molar-refractivity contribution in [1.29, 1.82) is 0 Å². The fraction of sp³-hybridized carbons (Fsp3) is 0.464. The third-order valence-corrected chi connectivity index (χ3v) is 7.54. The van der Waals surface area contributed by atoms with Crippen LogP contribution in [0.2, 0.25) is 0 Å². The van der Waals surface area contributed by atoms with Gasteiger partial charge in [-0.15, -0.1) is 0 Å². The molecule has 0 bridgehead atoms. The van der Waals surface area contributed by atoms with Gasteiger partial charge < -0.3 is 20.5 Å². The van der Waals surface area contributed by atoms with Gasteiger partial charge in [-0.3, -0.25) is 9.59 Å². The number of carbonyl (C=O) groups excluding carboxylic acids is 2. The summed E-state index contributed by atoms with van der Waals surface area (Å²) in [5.41, 5.74) is 4.59. The molecule has 0 radical (unpaired) electrons. The first-order valence-corrected chi connectivity index (χ1v) is 12.5. The van der Waals surface area contributed by atoms with E-state index in [0.29, 0.717) is 32.1 Å². The molecule has 0 heterocycles. The zero-order chi connectivity index (χ0) is 24.9. The molecule has 2 amide bonds. The molecule has 0 saturated heterocycles. The molecule has 1 saturated carbocycles. The van der Waals surface area contributed by atoms with Crippen LogP contribution in [0.25, 0.3) is 11.1 Å². The van der Waals surface area contributed by atoms with Crippen molar-refractivity contribution in [1.82, 2.24) is 10.6 Å². The molecule has 1 unspecified atom stereocenters. The zero-order valence-corrected chi connectivity index (χ0v) is 20.3. The highest BCUT2D eigenvalue weighted by Gasteiger charge is 2.33. The van der Waals surface area contributed by atoms with Crippen molar-refractivity contribution < 1.29 is 24.2 Å². The Morgan fingerprint density at radius 1 is 0.971 bits per heavy atom. The van der Waals surface area contributed by atoms with Crippen LogP contribution in [0.15, 0.2) is 48.5 Å². The second kappa shape index (κ2) is 10.9. The van der Waals surface area contributed by atoms with E-state index in [0.717, 1.165) is 22.3 Å². The average molecular weight is 479 g/mol. The molecule has 7 heteroatoms. The summed E-state index contributed by atoms with van der Waals surface area (Å²) < 4.78 is 5.65. The predicted molar refractivity (Wildman–Crippen MR) is 133 cm³/mol. The lowest BCUT2D eigenvalue weighted by Crippen LogP contribution is -2.53. The Morgan fingerprint density at radius 2 is 1.54 bits per heavy atom. The van der Waals surface area contributed by atoms with Crippen molar-refractivity contribution in [3.63, 3.8) is 0 Å². The number of amides is 2. The Morgan fingerprint density at radius 3 is 2.09 bits per heavy atom. The summed E-state index contributed by atoms with van der Waals surface area (Å²) >= 11 is 0. The summed E-state index contributed by atoms with van der Waals surface area (Å²) in [6.45, 7) is 4.09. The zero-order valence-electron chi connectivity index (χ0n) is 20.3. The Bertz CT molecular complexity index is 1030. The lowest BCUT2D eigenvalue weighted by Gasteiger charge is -2.30. The molecule has 3 N–H and O–H groups in total. The van der Waals surface area contributed by atoms with E-state index in [1.165, 1.54) is 0 Å². The van der Waals surface area contributed by atoms with Gasteiger partial charge in [0.15, 0.2) is 0 Å². The van der Waals surface area contributed by atoms with Crippen molar-refractivity contribution in [3.05, 3.63) is 59.7 Å². The highest BCUT2D eigenvalue weighted by Crippen LogP contribution is 2.44. The predicted octanol–water partition coefficient (Wildman–Crippen LogP) is 4.70. The number of carboxylic acid groups (broad SMARTS) is 1. The van der Waals surface area contributed by atoms with Gasteiger partial charge in [0.1, 0.15) is 12.6 Å². The van der Waals surface area contributed by atoms with Gasteiger partial charge in [0, 0.05) is 12.0 Å². The van der Waals surface area contributed by atoms with Crippen LogP contribution >= 0.6 is 0 Å². The molecule has 2 aliphatic carbocycles. The molecule has 2 atom stereocenters. The highest BCUT2D eigenvalue weighted by atomic mass is 16.5. The van der Waals surface area contributed by atoms with E-state index < -0.39 is 18.1 Å². The lowest BCUT2D eigenvalue weighted by atomic mass is 9.86. The van der Waals surface area contributed by atoms with Crippen molar-refractivity contribution in [2.75, 3.05) is 6.61 Å². The van der Waals surface area contributed by atoms with Crippen LogP contribution in [0.5, 0.6) is 0 Å². The molecule has 0 spiro atoms. The molecule has 0 aliphatic heterocycles. The molecule has 2 aromatic rings. The first-order valence-electron chi connectivity index (χ1n) is 12.5. The summed E-state index contributed by atoms with van der Waals surface area (Å²) in [4.78, 5) is 37.0. The maximum atomic E-state index is 13.1. The van der Waals surface area contributed by atoms with Gasteiger partial charge in [-0.05, 0) is 53.9 Å². The van der Waals surface area contributed by atoms with Gasteiger partial charge in [-0.1, -0.05) is 68.8 Å². The maximum absolute atomic E-state index is 13.1. The first-order chi connectivity index (χ1) is 16.9. The Kier molecular flexibility index (Phi) is 7.73. The minimum Gasteiger partial charge on any atom is -0.481 e. The minimum atomic E-state index is -0.774. The quantitative estimate of drug-likeness (QED) is 0.510. The third-order valence-electron chi connectivity index (χ3n) is 7.54. The third kappa shape index (κ3) is 5.50. The van der Waals surface area contributed by atoms with Crippen molar-refractivity contribution in [2.45, 2.75) is 64.0 Å². The number of hydrogen-bond acceptors (Lipinski definition) is 4. The van der Waals surface area contributed by atoms with Crippen molar-refractivity contribution in [3.8, 4) is 11.1 Å². The van der Waals surface area contributed by atoms with E-state index in [1.54, 1.807) is 0 Å². The fourth-order valence-corrected chi connectivity index (χ4v) is 5.24. The molecule has 186 valence electrons. The number of rotatable bonds is 8. The minimum absolute atomic E-state index is 0.0477. The summed E-state index contributed by atoms with van der Waals surface area (Å²) in [7, 11) is 0. The van der Waals surface area contributed by atoms with E-state index in [1.807, 2.05) is 38.1 Å². The summed E-state index contributed by atoms with van der Waals surface area (Å²) in [5.74, 6) is -1.48. The normalized spacial score (nSPS) is 20.7. The number of aliphatic carboxylic acids is 1. The Labute approximate surface area is 206 Å². The number of nitrogens with one attached hydrogen (secondary N) is 2. The van der Waals surface area contributed by atoms with Crippen LogP contribution in [0.3, 0.4) is 0 Å². The fourth-order valence-electron chi connectivity index (χ4n) is 5.24. The van der Waals surface area contributed by atoms with Gasteiger partial charge in [-0.2, -0.15) is 0 Å². The lowest BCUT2D eigenvalue weighted by molar-refractivity contribution is -0.142. The van der Waals surface area contributed by atoms with Crippen molar-refractivity contribution >= 4 is 18.0 Å². The molecule has 1 fully saturated rings. The number of alkyl carbamates (subject to hydrolysis) is 1. The average Bonchev–Trinajstić information content (AvgIpc) is 3.19. The Balaban J connectivity index is 1.36. The summed E-state index contributed by atoms with van der Waals surface area (Å²) in [6, 6.07) is 15.5. The van der Waals surface area contributed by atoms with Crippen LogP contribution in [0.4, 0.5) is 4.79 Å². The molecular weight excluding hydrogens is 444 g/mol. The number of hydrogen-bond donors (Lipinski definition) is 3. The first kappa shape index (κ1) is 24.8. The number of fused-ring (bicyclic) bond motifs is 3. The van der Waals surface area contributed by atoms with Gasteiger partial charge in [0.2, 0.25) is 5.91 Å². The summed E-state index contributed by atoms with van der Waals surface area (Å²) in [5, 5.41) is 15.0. The summed E-state index contributed by atoms with van der Waals surface area (Å²) in [6.07, 6.45) is 2.46. The van der Waals surface area contributed by atoms with Gasteiger partial charge in [-0.25, -0.2) is 4.79 Å². The SMILES string of the molecule is CCC(C)[C@H](NC(=O)OCC1c2ccccc2-c2ccccc21)C(=O)NC1CCC(C(=O)O)CC1. The molecule has 4 rings (SSSR count). The second-order valence-electron chi connectivity index (χ2n) is 9.73. The number of benzene rings is 2. The number of carbonyl (C=O) groups is 3. The molecule has 7 nitrogen and oxygen atoms in total. The van der Waals surface area contributed by atoms with E-state index in [2.05, 4.69) is 34.9 Å². The van der Waals surface area contributed by atoms with E-state index in [-0.39, 0.29) is 36.3 Å². The molecule has 2 aliphatic rings. The van der Waals surface area contributed by atoms with Crippen LogP contribution in [0, 0.1) is 11.8 Å². The van der Waals surface area contributed by atoms with Gasteiger partial charge in [0.25, 0.3) is 0 Å². The molecular formula is C28H34N2O5. The monoisotopic (exact) mass is 478 g/mol. The van der Waals surface area contributed by atoms with E-state index in [4.69, 9.17) is 4.74 Å². The van der Waals surface area contributed by atoms with Crippen LogP contribution in [-0.2, 0) is 14.3 Å². The largest absolute Gasteiger partial charge is 0.481 e. The van der Waals surface area contributed by atoms with Crippen LogP contribution in [0.1, 0.15) is 63.0 Å². The molecule has 35 heavy (non-hydrogen) atoms. The molecule has 2 aromatic carbocycles. The highest BCUT2D eigenvalue weighted by molar-refractivity contribution is 5.86. The standard InChI is InChI=1S/C28H34N2O5/c1-3-17(2)25(26(31)29-19-14-12-18(13-15-19)27(32)33)30-28(34)35-16-24-22-10-6-4-8-20(22)21-9-5-7-11-23(21)24/h4-11,17-19,24-25H,3,12-16H2,1-2H3,(H,29,31)(H,30,34)(H,32,33)/t17?,18?,19?,25-/m0/s1. The molecule has 0 aromatic heterocycles. The number of ether oxygens (including phenoxy) is 1. The van der Waals surface area contributed by atoms with Crippen LogP contribution in [-0.4, -0.2) is 41.8 Å². The van der Waals surface area contributed by atoms with E-state index >= 15 is 0 Å². The number of carboxylic acids is 1.